The largest absolute Gasteiger partial charge is 0.356 e. The molecule has 3 nitrogen and oxygen atoms in total. The first-order chi connectivity index (χ1) is 9.05. The van der Waals surface area contributed by atoms with E-state index in [-0.39, 0.29) is 5.41 Å². The molecule has 2 heterocycles. The molecule has 2 aromatic rings. The van der Waals surface area contributed by atoms with Gasteiger partial charge in [0, 0.05) is 18.2 Å². The van der Waals surface area contributed by atoms with E-state index in [0.29, 0.717) is 6.04 Å². The lowest BCUT2D eigenvalue weighted by Gasteiger charge is -2.26. The summed E-state index contributed by atoms with van der Waals surface area (Å²) in [5.74, 6) is 1.00. The monoisotopic (exact) mass is 255 g/mol. The minimum Gasteiger partial charge on any atom is -0.356 e. The molecule has 1 atom stereocenters. The van der Waals surface area contributed by atoms with Gasteiger partial charge in [-0.15, -0.1) is 0 Å². The van der Waals surface area contributed by atoms with Gasteiger partial charge in [-0.2, -0.15) is 0 Å². The Bertz CT molecular complexity index is 563. The third-order valence-electron chi connectivity index (χ3n) is 3.72. The lowest BCUT2D eigenvalue weighted by Crippen LogP contribution is -2.23. The van der Waals surface area contributed by atoms with Gasteiger partial charge in [-0.1, -0.05) is 51.1 Å². The molecule has 0 bridgehead atoms. The first-order valence-corrected chi connectivity index (χ1v) is 6.94. The maximum atomic E-state index is 4.75. The minimum atomic E-state index is 0.0905. The fourth-order valence-corrected chi connectivity index (χ4v) is 2.59. The number of benzene rings is 1. The molecular formula is C16H21N3. The quantitative estimate of drug-likeness (QED) is 0.844. The smallest absolute Gasteiger partial charge is 0.203 e. The van der Waals surface area contributed by atoms with E-state index >= 15 is 0 Å². The van der Waals surface area contributed by atoms with Crippen molar-refractivity contribution in [3.63, 3.8) is 0 Å². The van der Waals surface area contributed by atoms with Crippen LogP contribution in [0.15, 0.2) is 36.5 Å². The average Bonchev–Trinajstić information content (AvgIpc) is 2.83. The molecule has 0 fully saturated rings. The van der Waals surface area contributed by atoms with Gasteiger partial charge >= 0.3 is 0 Å². The Kier molecular flexibility index (Phi) is 2.85. The molecule has 1 aromatic heterocycles. The molecule has 1 N–H and O–H groups in total. The Hall–Kier alpha value is -1.77. The van der Waals surface area contributed by atoms with Crippen molar-refractivity contribution in [2.24, 2.45) is 0 Å². The van der Waals surface area contributed by atoms with E-state index in [9.17, 15) is 0 Å². The van der Waals surface area contributed by atoms with Crippen molar-refractivity contribution in [3.8, 4) is 0 Å². The third kappa shape index (κ3) is 2.25. The van der Waals surface area contributed by atoms with Gasteiger partial charge in [-0.3, -0.25) is 0 Å². The zero-order valence-corrected chi connectivity index (χ0v) is 11.9. The van der Waals surface area contributed by atoms with E-state index in [2.05, 4.69) is 67.2 Å². The molecule has 0 saturated carbocycles. The molecule has 1 aliphatic rings. The van der Waals surface area contributed by atoms with Crippen LogP contribution in [0.3, 0.4) is 0 Å². The highest BCUT2D eigenvalue weighted by Crippen LogP contribution is 2.32. The van der Waals surface area contributed by atoms with Crippen LogP contribution in [-0.2, 0) is 5.41 Å². The van der Waals surface area contributed by atoms with Crippen molar-refractivity contribution in [2.45, 2.75) is 38.6 Å². The molecule has 1 aliphatic heterocycles. The second-order valence-corrected chi connectivity index (χ2v) is 6.25. The molecule has 100 valence electrons. The number of rotatable bonds is 1. The van der Waals surface area contributed by atoms with E-state index in [4.69, 9.17) is 4.98 Å². The van der Waals surface area contributed by atoms with E-state index in [1.165, 1.54) is 5.56 Å². The molecule has 3 rings (SSSR count). The summed E-state index contributed by atoms with van der Waals surface area (Å²) in [5.41, 5.74) is 2.61. The highest BCUT2D eigenvalue weighted by molar-refractivity contribution is 5.37. The Labute approximate surface area is 114 Å². The number of anilines is 1. The molecule has 0 amide bonds. The normalized spacial score (nSPS) is 18.8. The van der Waals surface area contributed by atoms with Gasteiger partial charge in [0.1, 0.15) is 0 Å². The predicted octanol–water partition coefficient (Wildman–Crippen LogP) is 3.59. The Morgan fingerprint density at radius 1 is 1.21 bits per heavy atom. The van der Waals surface area contributed by atoms with Crippen LogP contribution >= 0.6 is 0 Å². The molecule has 1 aromatic carbocycles. The van der Waals surface area contributed by atoms with Crippen LogP contribution in [0.4, 0.5) is 5.95 Å². The summed E-state index contributed by atoms with van der Waals surface area (Å²) in [6.07, 6.45) is 3.32. The summed E-state index contributed by atoms with van der Waals surface area (Å²) in [4.78, 5) is 4.75. The zero-order valence-electron chi connectivity index (χ0n) is 11.9. The van der Waals surface area contributed by atoms with E-state index in [1.807, 2.05) is 0 Å². The van der Waals surface area contributed by atoms with Gasteiger partial charge in [-0.05, 0) is 12.0 Å². The fourth-order valence-electron chi connectivity index (χ4n) is 2.59. The number of imidazole rings is 1. The van der Waals surface area contributed by atoms with Crippen molar-refractivity contribution in [3.05, 3.63) is 47.8 Å². The number of hydrogen-bond acceptors (Lipinski definition) is 2. The van der Waals surface area contributed by atoms with Crippen LogP contribution in [0.2, 0.25) is 0 Å². The van der Waals surface area contributed by atoms with Crippen LogP contribution in [-0.4, -0.2) is 16.1 Å². The maximum absolute atomic E-state index is 4.75. The van der Waals surface area contributed by atoms with Gasteiger partial charge in [0.2, 0.25) is 5.95 Å². The maximum Gasteiger partial charge on any atom is 0.203 e. The van der Waals surface area contributed by atoms with Crippen molar-refractivity contribution in [1.82, 2.24) is 9.55 Å². The van der Waals surface area contributed by atoms with Gasteiger partial charge < -0.3 is 9.88 Å². The van der Waals surface area contributed by atoms with E-state index < -0.39 is 0 Å². The number of aromatic nitrogens is 2. The standard InChI is InChI=1S/C16H21N3/c1-16(2,3)14-11-19-13(9-10-17-15(19)18-14)12-7-5-4-6-8-12/h4-8,11,13H,9-10H2,1-3H3,(H,17,18). The minimum absolute atomic E-state index is 0.0905. The second-order valence-electron chi connectivity index (χ2n) is 6.25. The lowest BCUT2D eigenvalue weighted by atomic mass is 9.93. The van der Waals surface area contributed by atoms with Gasteiger partial charge in [-0.25, -0.2) is 4.98 Å². The van der Waals surface area contributed by atoms with Crippen LogP contribution in [0.25, 0.3) is 0 Å². The second kappa shape index (κ2) is 4.41. The number of hydrogen-bond donors (Lipinski definition) is 1. The third-order valence-corrected chi connectivity index (χ3v) is 3.72. The summed E-state index contributed by atoms with van der Waals surface area (Å²) in [6.45, 7) is 7.61. The molecule has 3 heteroatoms. The molecule has 1 unspecified atom stereocenters. The van der Waals surface area contributed by atoms with Gasteiger partial charge in [0.25, 0.3) is 0 Å². The van der Waals surface area contributed by atoms with E-state index in [0.717, 1.165) is 24.6 Å². The topological polar surface area (TPSA) is 29.9 Å². The van der Waals surface area contributed by atoms with Crippen LogP contribution in [0, 0.1) is 0 Å². The van der Waals surface area contributed by atoms with Crippen LogP contribution in [0.1, 0.15) is 44.5 Å². The lowest BCUT2D eigenvalue weighted by molar-refractivity contribution is 0.527. The molecule has 0 spiro atoms. The molecule has 0 radical (unpaired) electrons. The SMILES string of the molecule is CC(C)(C)c1cn2c(n1)NCCC2c1ccccc1. The highest BCUT2D eigenvalue weighted by Gasteiger charge is 2.26. The first kappa shape index (κ1) is 12.3. The molecule has 0 saturated heterocycles. The predicted molar refractivity (Wildman–Crippen MR) is 78.6 cm³/mol. The highest BCUT2D eigenvalue weighted by atomic mass is 15.2. The summed E-state index contributed by atoms with van der Waals surface area (Å²) >= 11 is 0. The molecule has 0 aliphatic carbocycles. The number of nitrogens with one attached hydrogen (secondary N) is 1. The zero-order chi connectivity index (χ0) is 13.5. The van der Waals surface area contributed by atoms with Crippen molar-refractivity contribution >= 4 is 5.95 Å². The number of fused-ring (bicyclic) bond motifs is 1. The Balaban J connectivity index is 2.03. The Morgan fingerprint density at radius 3 is 2.63 bits per heavy atom. The summed E-state index contributed by atoms with van der Waals surface area (Å²) < 4.78 is 2.29. The number of nitrogens with zero attached hydrogens (tertiary/aromatic N) is 2. The average molecular weight is 255 g/mol. The van der Waals surface area contributed by atoms with Crippen molar-refractivity contribution in [2.75, 3.05) is 11.9 Å². The summed E-state index contributed by atoms with van der Waals surface area (Å²) in [7, 11) is 0. The van der Waals surface area contributed by atoms with Crippen LogP contribution < -0.4 is 5.32 Å². The molecular weight excluding hydrogens is 234 g/mol. The fraction of sp³-hybridized carbons (Fsp3) is 0.438. The Morgan fingerprint density at radius 2 is 1.95 bits per heavy atom. The molecule has 19 heavy (non-hydrogen) atoms. The van der Waals surface area contributed by atoms with Gasteiger partial charge in [0.05, 0.1) is 11.7 Å². The van der Waals surface area contributed by atoms with Crippen molar-refractivity contribution in [1.29, 1.82) is 0 Å². The van der Waals surface area contributed by atoms with E-state index in [1.54, 1.807) is 0 Å². The van der Waals surface area contributed by atoms with Crippen molar-refractivity contribution < 1.29 is 0 Å². The first-order valence-electron chi connectivity index (χ1n) is 6.94. The summed E-state index contributed by atoms with van der Waals surface area (Å²) in [6, 6.07) is 11.1. The van der Waals surface area contributed by atoms with Gasteiger partial charge in [0.15, 0.2) is 0 Å². The summed E-state index contributed by atoms with van der Waals surface area (Å²) in [5, 5.41) is 3.41. The van der Waals surface area contributed by atoms with Crippen LogP contribution in [0.5, 0.6) is 0 Å².